The molecule has 1 aromatic carbocycles. The number of carboxylic acid groups (broad SMARTS) is 1. The van der Waals surface area contributed by atoms with Gasteiger partial charge in [0.1, 0.15) is 5.82 Å². The molecule has 0 radical (unpaired) electrons. The Balaban J connectivity index is 2.14. The van der Waals surface area contributed by atoms with Crippen LogP contribution >= 0.6 is 0 Å². The lowest BCUT2D eigenvalue weighted by molar-refractivity contribution is 0.0692. The van der Waals surface area contributed by atoms with E-state index in [-0.39, 0.29) is 28.4 Å². The Labute approximate surface area is 113 Å². The summed E-state index contributed by atoms with van der Waals surface area (Å²) in [5, 5.41) is 8.85. The Hall–Kier alpha value is -1.27. The van der Waals surface area contributed by atoms with Crippen molar-refractivity contribution in [2.45, 2.75) is 36.9 Å². The van der Waals surface area contributed by atoms with E-state index in [0.717, 1.165) is 31.0 Å². The number of hydrogen-bond donors (Lipinski definition) is 1. The van der Waals surface area contributed by atoms with Crippen molar-refractivity contribution < 1.29 is 23.2 Å². The van der Waals surface area contributed by atoms with E-state index < -0.39 is 22.6 Å². The lowest BCUT2D eigenvalue weighted by Gasteiger charge is -2.11. The number of carbonyl (C=O) groups is 1. The van der Waals surface area contributed by atoms with Gasteiger partial charge in [0.2, 0.25) is 0 Å². The molecular formula is C13H15FO4S. The second kappa shape index (κ2) is 5.79. The van der Waals surface area contributed by atoms with Crippen molar-refractivity contribution >= 4 is 16.8 Å². The van der Waals surface area contributed by atoms with E-state index in [2.05, 4.69) is 0 Å². The van der Waals surface area contributed by atoms with Crippen LogP contribution in [0.3, 0.4) is 0 Å². The number of ether oxygens (including phenoxy) is 1. The molecule has 1 fully saturated rings. The zero-order valence-corrected chi connectivity index (χ0v) is 11.3. The van der Waals surface area contributed by atoms with Gasteiger partial charge in [-0.1, -0.05) is 0 Å². The smallest absolute Gasteiger partial charge is 0.335 e. The lowest BCUT2D eigenvalue weighted by Crippen LogP contribution is -2.18. The van der Waals surface area contributed by atoms with Gasteiger partial charge in [-0.3, -0.25) is 4.21 Å². The molecule has 104 valence electrons. The van der Waals surface area contributed by atoms with Gasteiger partial charge in [-0.15, -0.1) is 0 Å². The molecule has 0 aliphatic carbocycles. The third-order valence-electron chi connectivity index (χ3n) is 3.08. The molecule has 3 unspecified atom stereocenters. The average Bonchev–Trinajstić information content (AvgIpc) is 2.74. The van der Waals surface area contributed by atoms with E-state index >= 15 is 0 Å². The average molecular weight is 286 g/mol. The van der Waals surface area contributed by atoms with E-state index in [0.29, 0.717) is 0 Å². The third-order valence-corrected chi connectivity index (χ3v) is 4.56. The highest BCUT2D eigenvalue weighted by Gasteiger charge is 2.25. The van der Waals surface area contributed by atoms with Gasteiger partial charge in [0, 0.05) is 0 Å². The quantitative estimate of drug-likeness (QED) is 0.921. The zero-order valence-electron chi connectivity index (χ0n) is 10.5. The maximum absolute atomic E-state index is 13.6. The van der Waals surface area contributed by atoms with Crippen molar-refractivity contribution in [3.8, 4) is 0 Å². The topological polar surface area (TPSA) is 63.6 Å². The van der Waals surface area contributed by atoms with Gasteiger partial charge in [-0.05, 0) is 38.0 Å². The Bertz CT molecular complexity index is 517. The minimum Gasteiger partial charge on any atom is -0.478 e. The van der Waals surface area contributed by atoms with Gasteiger partial charge in [0.15, 0.2) is 0 Å². The predicted octanol–water partition coefficient (Wildman–Crippen LogP) is 2.20. The third kappa shape index (κ3) is 3.39. The summed E-state index contributed by atoms with van der Waals surface area (Å²) >= 11 is 0. The first-order chi connectivity index (χ1) is 8.97. The standard InChI is InChI=1S/C13H15FO4S/c1-8-2-4-10(18-8)7-19(17)12-6-9(13(15)16)3-5-11(12)14/h3,5-6,8,10H,2,4,7H2,1H3,(H,15,16). The predicted molar refractivity (Wildman–Crippen MR) is 68.2 cm³/mol. The van der Waals surface area contributed by atoms with Gasteiger partial charge >= 0.3 is 5.97 Å². The van der Waals surface area contributed by atoms with Gasteiger partial charge in [0.25, 0.3) is 0 Å². The first kappa shape index (κ1) is 14.1. The summed E-state index contributed by atoms with van der Waals surface area (Å²) in [7, 11) is -1.59. The molecule has 1 saturated heterocycles. The molecule has 1 N–H and O–H groups in total. The van der Waals surface area contributed by atoms with Crippen LogP contribution in [0.25, 0.3) is 0 Å². The second-order valence-corrected chi connectivity index (χ2v) is 6.07. The van der Waals surface area contributed by atoms with E-state index in [9.17, 15) is 13.4 Å². The van der Waals surface area contributed by atoms with Crippen LogP contribution in [0.2, 0.25) is 0 Å². The summed E-state index contributed by atoms with van der Waals surface area (Å²) in [6.45, 7) is 1.94. The molecule has 0 spiro atoms. The molecule has 1 aromatic rings. The first-order valence-corrected chi connectivity index (χ1v) is 7.36. The lowest BCUT2D eigenvalue weighted by atomic mass is 10.2. The van der Waals surface area contributed by atoms with Gasteiger partial charge in [-0.2, -0.15) is 0 Å². The van der Waals surface area contributed by atoms with Gasteiger partial charge in [0.05, 0.1) is 39.2 Å². The van der Waals surface area contributed by atoms with Crippen molar-refractivity contribution in [1.82, 2.24) is 0 Å². The molecule has 0 aromatic heterocycles. The van der Waals surface area contributed by atoms with Gasteiger partial charge in [-0.25, -0.2) is 9.18 Å². The van der Waals surface area contributed by atoms with Crippen LogP contribution in [0.15, 0.2) is 23.1 Å². The Morgan fingerprint density at radius 1 is 1.53 bits per heavy atom. The summed E-state index contributed by atoms with van der Waals surface area (Å²) in [5.74, 6) is -1.61. The minimum atomic E-state index is -1.59. The van der Waals surface area contributed by atoms with Crippen LogP contribution in [0, 0.1) is 5.82 Å². The number of halogens is 1. The highest BCUT2D eigenvalue weighted by molar-refractivity contribution is 7.85. The van der Waals surface area contributed by atoms with Crippen LogP contribution in [0.1, 0.15) is 30.1 Å². The van der Waals surface area contributed by atoms with Crippen LogP contribution < -0.4 is 0 Å². The monoisotopic (exact) mass is 286 g/mol. The summed E-state index contributed by atoms with van der Waals surface area (Å²) in [5.41, 5.74) is -0.0644. The molecule has 2 rings (SSSR count). The number of hydrogen-bond acceptors (Lipinski definition) is 3. The second-order valence-electron chi connectivity index (χ2n) is 4.61. The van der Waals surface area contributed by atoms with Crippen LogP contribution in [-0.4, -0.2) is 33.2 Å². The van der Waals surface area contributed by atoms with Crippen LogP contribution in [0.5, 0.6) is 0 Å². The van der Waals surface area contributed by atoms with Crippen molar-refractivity contribution in [2.24, 2.45) is 0 Å². The molecular weight excluding hydrogens is 271 g/mol. The fraction of sp³-hybridized carbons (Fsp3) is 0.462. The molecule has 19 heavy (non-hydrogen) atoms. The molecule has 0 saturated carbocycles. The summed E-state index contributed by atoms with van der Waals surface area (Å²) in [6, 6.07) is 3.33. The van der Waals surface area contributed by atoms with E-state index in [1.165, 1.54) is 0 Å². The van der Waals surface area contributed by atoms with E-state index in [1.54, 1.807) is 0 Å². The van der Waals surface area contributed by atoms with Crippen LogP contribution in [0.4, 0.5) is 4.39 Å². The Morgan fingerprint density at radius 3 is 2.84 bits per heavy atom. The molecule has 1 aliphatic heterocycles. The summed E-state index contributed by atoms with van der Waals surface area (Å²) < 4.78 is 31.2. The highest BCUT2D eigenvalue weighted by Crippen LogP contribution is 2.23. The fourth-order valence-corrected chi connectivity index (χ4v) is 3.38. The molecule has 0 bridgehead atoms. The number of rotatable bonds is 4. The summed E-state index contributed by atoms with van der Waals surface area (Å²) in [4.78, 5) is 10.8. The maximum atomic E-state index is 13.6. The van der Waals surface area contributed by atoms with Crippen LogP contribution in [-0.2, 0) is 15.5 Å². The zero-order chi connectivity index (χ0) is 14.0. The maximum Gasteiger partial charge on any atom is 0.335 e. The van der Waals surface area contributed by atoms with E-state index in [4.69, 9.17) is 9.84 Å². The Morgan fingerprint density at radius 2 is 2.26 bits per heavy atom. The van der Waals surface area contributed by atoms with Crippen molar-refractivity contribution in [1.29, 1.82) is 0 Å². The van der Waals surface area contributed by atoms with Crippen molar-refractivity contribution in [3.63, 3.8) is 0 Å². The SMILES string of the molecule is CC1CCC(CS(=O)c2cc(C(=O)O)ccc2F)O1. The van der Waals surface area contributed by atoms with Crippen molar-refractivity contribution in [2.75, 3.05) is 5.75 Å². The first-order valence-electron chi connectivity index (χ1n) is 6.04. The molecule has 0 amide bonds. The molecule has 6 heteroatoms. The molecule has 1 heterocycles. The minimum absolute atomic E-state index is 0.0644. The molecule has 4 nitrogen and oxygen atoms in total. The number of carboxylic acids is 1. The van der Waals surface area contributed by atoms with E-state index in [1.807, 2.05) is 6.92 Å². The largest absolute Gasteiger partial charge is 0.478 e. The van der Waals surface area contributed by atoms with Gasteiger partial charge < -0.3 is 9.84 Å². The highest BCUT2D eigenvalue weighted by atomic mass is 32.2. The number of benzene rings is 1. The Kier molecular flexibility index (Phi) is 4.31. The normalized spacial score (nSPS) is 24.3. The van der Waals surface area contributed by atoms with Crippen molar-refractivity contribution in [3.05, 3.63) is 29.6 Å². The molecule has 1 aliphatic rings. The molecule has 3 atom stereocenters. The fourth-order valence-electron chi connectivity index (χ4n) is 2.08. The summed E-state index contributed by atoms with van der Waals surface area (Å²) in [6.07, 6.45) is 1.69. The number of aromatic carboxylic acids is 1.